The van der Waals surface area contributed by atoms with Gasteiger partial charge in [0, 0.05) is 0 Å². The summed E-state index contributed by atoms with van der Waals surface area (Å²) in [7, 11) is 0. The summed E-state index contributed by atoms with van der Waals surface area (Å²) in [5.41, 5.74) is 6.54. The molecule has 0 aliphatic rings. The minimum absolute atomic E-state index is 0. The maximum atomic E-state index is 4.04. The van der Waals surface area contributed by atoms with Gasteiger partial charge in [-0.25, -0.2) is 0 Å². The molecule has 0 aliphatic carbocycles. The topological polar surface area (TPSA) is 0 Å². The van der Waals surface area contributed by atoms with Crippen LogP contribution in [-0.4, -0.2) is 23.1 Å². The Kier molecular flexibility index (Phi) is 6.95. The fourth-order valence-electron chi connectivity index (χ4n) is 1.30. The molecule has 0 unspecified atom stereocenters. The van der Waals surface area contributed by atoms with E-state index in [2.05, 4.69) is 40.7 Å². The first-order valence-electron chi connectivity index (χ1n) is 3.93. The van der Waals surface area contributed by atoms with E-state index in [9.17, 15) is 0 Å². The quantitative estimate of drug-likeness (QED) is 0.405. The largest absolute Gasteiger partial charge is 2.00 e. The van der Waals surface area contributed by atoms with Crippen molar-refractivity contribution in [2.24, 2.45) is 0 Å². The van der Waals surface area contributed by atoms with Crippen molar-refractivity contribution in [3.05, 3.63) is 40.8 Å². The predicted octanol–water partition coefficient (Wildman–Crippen LogP) is -0.274. The van der Waals surface area contributed by atoms with Gasteiger partial charge < -0.3 is 12.4 Å². The standard InChI is InChI=1S/C11H15.ClH.Mg/c1-7-6-8(2)10(4)11(5)9(7)3;;/h6H,5H2,1-4H3;1H;/q-1;;+2/p-1. The van der Waals surface area contributed by atoms with Gasteiger partial charge in [0.1, 0.15) is 0 Å². The van der Waals surface area contributed by atoms with Gasteiger partial charge in [-0.2, -0.15) is 12.5 Å². The molecule has 13 heavy (non-hydrogen) atoms. The second kappa shape index (κ2) is 5.79. The molecular weight excluding hydrogens is 192 g/mol. The number of hydrogen-bond acceptors (Lipinski definition) is 0. The van der Waals surface area contributed by atoms with Gasteiger partial charge in [-0.15, -0.1) is 22.3 Å². The second-order valence-electron chi connectivity index (χ2n) is 3.24. The molecule has 0 aromatic heterocycles. The molecule has 1 aromatic carbocycles. The van der Waals surface area contributed by atoms with Crippen molar-refractivity contribution in [3.8, 4) is 0 Å². The van der Waals surface area contributed by atoms with Crippen LogP contribution < -0.4 is 12.4 Å². The molecule has 1 aromatic rings. The summed E-state index contributed by atoms with van der Waals surface area (Å²) in [4.78, 5) is 0. The van der Waals surface area contributed by atoms with E-state index in [1.165, 1.54) is 27.8 Å². The Morgan fingerprint density at radius 1 is 0.923 bits per heavy atom. The Labute approximate surface area is 104 Å². The monoisotopic (exact) mass is 206 g/mol. The number of halogens is 1. The first-order valence-corrected chi connectivity index (χ1v) is 3.93. The molecule has 0 N–H and O–H groups in total. The molecule has 0 amide bonds. The number of benzene rings is 1. The summed E-state index contributed by atoms with van der Waals surface area (Å²) in [6.45, 7) is 12.6. The number of rotatable bonds is 0. The van der Waals surface area contributed by atoms with Gasteiger partial charge in [-0.1, -0.05) is 33.8 Å². The van der Waals surface area contributed by atoms with Gasteiger partial charge in [-0.05, 0) is 0 Å². The van der Waals surface area contributed by atoms with E-state index >= 15 is 0 Å². The third-order valence-corrected chi connectivity index (χ3v) is 2.52. The molecule has 68 valence electrons. The first kappa shape index (κ1) is 15.6. The Hall–Kier alpha value is 0.146. The second-order valence-corrected chi connectivity index (χ2v) is 3.24. The van der Waals surface area contributed by atoms with Gasteiger partial charge in [0.15, 0.2) is 0 Å². The van der Waals surface area contributed by atoms with Crippen LogP contribution in [0.4, 0.5) is 0 Å². The van der Waals surface area contributed by atoms with Crippen LogP contribution in [0.5, 0.6) is 0 Å². The van der Waals surface area contributed by atoms with Crippen LogP contribution in [0, 0.1) is 34.6 Å². The smallest absolute Gasteiger partial charge is 1.00 e. The molecule has 0 heterocycles. The van der Waals surface area contributed by atoms with Gasteiger partial charge in [-0.3, -0.25) is 0 Å². The summed E-state index contributed by atoms with van der Waals surface area (Å²) in [5, 5.41) is 0. The van der Waals surface area contributed by atoms with E-state index in [0.717, 1.165) is 0 Å². The van der Waals surface area contributed by atoms with E-state index in [1.807, 2.05) is 0 Å². The molecule has 0 spiro atoms. The zero-order valence-electron chi connectivity index (χ0n) is 8.87. The minimum atomic E-state index is 0. The van der Waals surface area contributed by atoms with Crippen LogP contribution in [0.1, 0.15) is 27.8 Å². The average molecular weight is 207 g/mol. The Morgan fingerprint density at radius 3 is 1.54 bits per heavy atom. The van der Waals surface area contributed by atoms with Gasteiger partial charge in [0.05, 0.1) is 0 Å². The molecule has 0 bridgehead atoms. The molecular formula is C11H15ClMg. The minimum Gasteiger partial charge on any atom is -1.00 e. The van der Waals surface area contributed by atoms with Crippen LogP contribution >= 0.6 is 0 Å². The molecule has 0 atom stereocenters. The van der Waals surface area contributed by atoms with Gasteiger partial charge in [0.2, 0.25) is 0 Å². The molecule has 0 aliphatic heterocycles. The van der Waals surface area contributed by atoms with Gasteiger partial charge >= 0.3 is 23.1 Å². The van der Waals surface area contributed by atoms with E-state index in [-0.39, 0.29) is 35.5 Å². The molecule has 0 nitrogen and oxygen atoms in total. The van der Waals surface area contributed by atoms with Crippen molar-refractivity contribution in [1.82, 2.24) is 0 Å². The van der Waals surface area contributed by atoms with E-state index in [0.29, 0.717) is 0 Å². The maximum absolute atomic E-state index is 4.04. The normalized spacial score (nSPS) is 8.62. The Balaban J connectivity index is 0. The summed E-state index contributed by atoms with van der Waals surface area (Å²) in [5.74, 6) is 0. The van der Waals surface area contributed by atoms with Crippen LogP contribution in [0.3, 0.4) is 0 Å². The van der Waals surface area contributed by atoms with Crippen LogP contribution in [-0.2, 0) is 0 Å². The third kappa shape index (κ3) is 3.08. The fraction of sp³-hybridized carbons (Fsp3) is 0.364. The fourth-order valence-corrected chi connectivity index (χ4v) is 1.30. The van der Waals surface area contributed by atoms with Gasteiger partial charge in [0.25, 0.3) is 0 Å². The van der Waals surface area contributed by atoms with Crippen LogP contribution in [0.2, 0.25) is 0 Å². The molecule has 0 saturated heterocycles. The first-order chi connectivity index (χ1) is 5.04. The van der Waals surface area contributed by atoms with Crippen molar-refractivity contribution >= 4 is 23.1 Å². The molecule has 0 fully saturated rings. The van der Waals surface area contributed by atoms with E-state index < -0.39 is 0 Å². The average Bonchev–Trinajstić information content (AvgIpc) is 1.97. The zero-order chi connectivity index (χ0) is 8.59. The van der Waals surface area contributed by atoms with Crippen molar-refractivity contribution in [3.63, 3.8) is 0 Å². The van der Waals surface area contributed by atoms with Crippen molar-refractivity contribution < 1.29 is 12.4 Å². The Morgan fingerprint density at radius 2 is 1.23 bits per heavy atom. The van der Waals surface area contributed by atoms with Crippen molar-refractivity contribution in [1.29, 1.82) is 0 Å². The number of hydrogen-bond donors (Lipinski definition) is 0. The number of aryl methyl sites for hydroxylation is 2. The third-order valence-electron chi connectivity index (χ3n) is 2.52. The summed E-state index contributed by atoms with van der Waals surface area (Å²) in [6.07, 6.45) is 0. The molecule has 0 saturated carbocycles. The van der Waals surface area contributed by atoms with E-state index in [1.54, 1.807) is 0 Å². The van der Waals surface area contributed by atoms with E-state index in [4.69, 9.17) is 0 Å². The summed E-state index contributed by atoms with van der Waals surface area (Å²) >= 11 is 0. The van der Waals surface area contributed by atoms with Crippen molar-refractivity contribution in [2.75, 3.05) is 0 Å². The predicted molar refractivity (Wildman–Crippen MR) is 55.6 cm³/mol. The maximum Gasteiger partial charge on any atom is 2.00 e. The Bertz CT molecular complexity index is 266. The summed E-state index contributed by atoms with van der Waals surface area (Å²) < 4.78 is 0. The molecule has 2 heteroatoms. The van der Waals surface area contributed by atoms with Crippen LogP contribution in [0.15, 0.2) is 6.07 Å². The molecule has 0 radical (unpaired) electrons. The van der Waals surface area contributed by atoms with Crippen LogP contribution in [0.25, 0.3) is 0 Å². The zero-order valence-corrected chi connectivity index (χ0v) is 11.0. The summed E-state index contributed by atoms with van der Waals surface area (Å²) in [6, 6.07) is 2.22. The van der Waals surface area contributed by atoms with Crippen molar-refractivity contribution in [2.45, 2.75) is 27.7 Å². The molecule has 1 rings (SSSR count). The SMILES string of the molecule is [CH2-]c1c(C)c(C)cc(C)c1C.[Cl-].[Mg+2].